The predicted molar refractivity (Wildman–Crippen MR) is 104 cm³/mol. The van der Waals surface area contributed by atoms with Gasteiger partial charge in [0.2, 0.25) is 5.91 Å². The number of carbonyl (C=O) groups is 1. The van der Waals surface area contributed by atoms with Crippen LogP contribution in [0, 0.1) is 11.3 Å². The molecule has 0 unspecified atom stereocenters. The maximum atomic E-state index is 12.1. The lowest BCUT2D eigenvalue weighted by atomic mass is 10.2. The fourth-order valence-electron chi connectivity index (χ4n) is 2.46. The second-order valence-electron chi connectivity index (χ2n) is 5.75. The number of amides is 1. The highest BCUT2D eigenvalue weighted by atomic mass is 32.2. The number of thioether (sulfide) groups is 1. The number of nitriles is 1. The van der Waals surface area contributed by atoms with Gasteiger partial charge in [0.1, 0.15) is 0 Å². The average molecular weight is 362 g/mol. The number of benzene rings is 2. The molecule has 130 valence electrons. The lowest BCUT2D eigenvalue weighted by molar-refractivity contribution is -0.113. The topological polar surface area (TPSA) is 70.7 Å². The molecule has 0 aliphatic carbocycles. The lowest BCUT2D eigenvalue weighted by Gasteiger charge is -2.08. The summed E-state index contributed by atoms with van der Waals surface area (Å²) in [4.78, 5) is 12.1. The predicted octanol–water partition coefficient (Wildman–Crippen LogP) is 3.67. The van der Waals surface area contributed by atoms with Crippen molar-refractivity contribution >= 4 is 23.4 Å². The number of hydrogen-bond acceptors (Lipinski definition) is 4. The molecule has 0 atom stereocenters. The van der Waals surface area contributed by atoms with Crippen molar-refractivity contribution in [3.63, 3.8) is 0 Å². The smallest absolute Gasteiger partial charge is 0.234 e. The summed E-state index contributed by atoms with van der Waals surface area (Å²) in [5, 5.41) is 15.9. The SMILES string of the molecule is N#Cc1ccc(CSCC(=O)Nc2cccc(Cn3cccn3)c2)cc1. The van der Waals surface area contributed by atoms with Crippen molar-refractivity contribution in [2.75, 3.05) is 11.1 Å². The number of nitrogens with one attached hydrogen (secondary N) is 1. The summed E-state index contributed by atoms with van der Waals surface area (Å²) in [6.07, 6.45) is 3.65. The average Bonchev–Trinajstić information content (AvgIpc) is 3.15. The highest BCUT2D eigenvalue weighted by molar-refractivity contribution is 7.99. The molecule has 2 aromatic carbocycles. The largest absolute Gasteiger partial charge is 0.325 e. The Kier molecular flexibility index (Phi) is 6.07. The number of anilines is 1. The van der Waals surface area contributed by atoms with Crippen molar-refractivity contribution in [2.45, 2.75) is 12.3 Å². The fourth-order valence-corrected chi connectivity index (χ4v) is 3.25. The minimum atomic E-state index is -0.0279. The van der Waals surface area contributed by atoms with Crippen molar-refractivity contribution < 1.29 is 4.79 Å². The molecule has 0 fully saturated rings. The summed E-state index contributed by atoms with van der Waals surface area (Å²) in [5.41, 5.74) is 3.62. The molecule has 3 aromatic rings. The summed E-state index contributed by atoms with van der Waals surface area (Å²) in [6.45, 7) is 0.671. The summed E-state index contributed by atoms with van der Waals surface area (Å²) >= 11 is 1.55. The van der Waals surface area contributed by atoms with Crippen LogP contribution in [0.4, 0.5) is 5.69 Å². The molecule has 0 aliphatic rings. The monoisotopic (exact) mass is 362 g/mol. The second kappa shape index (κ2) is 8.88. The van der Waals surface area contributed by atoms with Gasteiger partial charge in [-0.3, -0.25) is 9.48 Å². The number of hydrogen-bond donors (Lipinski definition) is 1. The molecule has 1 aromatic heterocycles. The zero-order valence-electron chi connectivity index (χ0n) is 14.1. The summed E-state index contributed by atoms with van der Waals surface area (Å²) in [7, 11) is 0. The van der Waals surface area contributed by atoms with E-state index in [0.29, 0.717) is 17.9 Å². The third kappa shape index (κ3) is 5.23. The van der Waals surface area contributed by atoms with Crippen LogP contribution in [0.25, 0.3) is 0 Å². The van der Waals surface area contributed by atoms with E-state index in [1.54, 1.807) is 30.1 Å². The first kappa shape index (κ1) is 17.8. The molecule has 1 amide bonds. The van der Waals surface area contributed by atoms with Gasteiger partial charge in [-0.05, 0) is 41.5 Å². The molecule has 0 saturated heterocycles. The van der Waals surface area contributed by atoms with Crippen LogP contribution in [0.5, 0.6) is 0 Å². The molecule has 1 heterocycles. The lowest BCUT2D eigenvalue weighted by Crippen LogP contribution is -2.14. The van der Waals surface area contributed by atoms with Crippen molar-refractivity contribution in [1.82, 2.24) is 9.78 Å². The standard InChI is InChI=1S/C20H18N4OS/c21-12-16-5-7-17(8-6-16)14-26-15-20(25)23-19-4-1-3-18(11-19)13-24-10-2-9-22-24/h1-11H,13-15H2,(H,23,25). The van der Waals surface area contributed by atoms with Gasteiger partial charge < -0.3 is 5.32 Å². The van der Waals surface area contributed by atoms with Crippen molar-refractivity contribution in [3.05, 3.63) is 83.7 Å². The van der Waals surface area contributed by atoms with Crippen LogP contribution in [0.15, 0.2) is 67.0 Å². The number of carbonyl (C=O) groups excluding carboxylic acids is 1. The molecule has 5 nitrogen and oxygen atoms in total. The molecular formula is C20H18N4OS. The minimum absolute atomic E-state index is 0.0279. The van der Waals surface area contributed by atoms with E-state index in [-0.39, 0.29) is 5.91 Å². The van der Waals surface area contributed by atoms with Crippen molar-refractivity contribution in [1.29, 1.82) is 5.26 Å². The van der Waals surface area contributed by atoms with E-state index >= 15 is 0 Å². The number of rotatable bonds is 7. The highest BCUT2D eigenvalue weighted by Gasteiger charge is 2.05. The fraction of sp³-hybridized carbons (Fsp3) is 0.150. The van der Waals surface area contributed by atoms with Crippen LogP contribution in [-0.4, -0.2) is 21.4 Å². The quantitative estimate of drug-likeness (QED) is 0.696. The Hall–Kier alpha value is -3.04. The van der Waals surface area contributed by atoms with Crippen LogP contribution in [0.2, 0.25) is 0 Å². The molecule has 0 bridgehead atoms. The zero-order chi connectivity index (χ0) is 18.2. The minimum Gasteiger partial charge on any atom is -0.325 e. The van der Waals surface area contributed by atoms with Crippen molar-refractivity contribution in [2.24, 2.45) is 0 Å². The van der Waals surface area contributed by atoms with Gasteiger partial charge in [-0.1, -0.05) is 24.3 Å². The second-order valence-corrected chi connectivity index (χ2v) is 6.74. The highest BCUT2D eigenvalue weighted by Crippen LogP contribution is 2.15. The van der Waals surface area contributed by atoms with Gasteiger partial charge >= 0.3 is 0 Å². The Labute approximate surface area is 156 Å². The summed E-state index contributed by atoms with van der Waals surface area (Å²) in [5.74, 6) is 1.09. The first-order valence-electron chi connectivity index (χ1n) is 8.16. The third-order valence-corrected chi connectivity index (χ3v) is 4.70. The van der Waals surface area contributed by atoms with Gasteiger partial charge in [0, 0.05) is 23.8 Å². The van der Waals surface area contributed by atoms with E-state index in [4.69, 9.17) is 5.26 Å². The molecule has 0 spiro atoms. The van der Waals surface area contributed by atoms with E-state index in [0.717, 1.165) is 22.6 Å². The molecule has 0 saturated carbocycles. The molecule has 6 heteroatoms. The van der Waals surface area contributed by atoms with Gasteiger partial charge in [-0.25, -0.2) is 0 Å². The Morgan fingerprint density at radius 3 is 2.73 bits per heavy atom. The molecular weight excluding hydrogens is 344 g/mol. The molecule has 0 aliphatic heterocycles. The summed E-state index contributed by atoms with van der Waals surface area (Å²) < 4.78 is 1.84. The molecule has 26 heavy (non-hydrogen) atoms. The first-order valence-corrected chi connectivity index (χ1v) is 9.31. The number of aromatic nitrogens is 2. The van der Waals surface area contributed by atoms with E-state index < -0.39 is 0 Å². The van der Waals surface area contributed by atoms with Gasteiger partial charge in [0.05, 0.1) is 23.9 Å². The Bertz CT molecular complexity index is 898. The van der Waals surface area contributed by atoms with Crippen LogP contribution >= 0.6 is 11.8 Å². The maximum absolute atomic E-state index is 12.1. The Balaban J connectivity index is 1.47. The van der Waals surface area contributed by atoms with Crippen LogP contribution in [0.3, 0.4) is 0 Å². The first-order chi connectivity index (χ1) is 12.7. The molecule has 0 radical (unpaired) electrons. The number of nitrogens with zero attached hydrogens (tertiary/aromatic N) is 3. The van der Waals surface area contributed by atoms with Gasteiger partial charge in [0.15, 0.2) is 0 Å². The molecule has 1 N–H and O–H groups in total. The normalized spacial score (nSPS) is 10.3. The van der Waals surface area contributed by atoms with E-state index in [9.17, 15) is 4.79 Å². The van der Waals surface area contributed by atoms with E-state index in [1.807, 2.05) is 53.3 Å². The van der Waals surface area contributed by atoms with E-state index in [1.165, 1.54) is 0 Å². The molecule has 3 rings (SSSR count). The third-order valence-electron chi connectivity index (χ3n) is 3.70. The zero-order valence-corrected chi connectivity index (χ0v) is 14.9. The van der Waals surface area contributed by atoms with Crippen molar-refractivity contribution in [3.8, 4) is 6.07 Å². The van der Waals surface area contributed by atoms with Crippen LogP contribution in [-0.2, 0) is 17.1 Å². The van der Waals surface area contributed by atoms with Gasteiger partial charge in [-0.15, -0.1) is 11.8 Å². The Morgan fingerprint density at radius 2 is 2.00 bits per heavy atom. The Morgan fingerprint density at radius 1 is 1.15 bits per heavy atom. The summed E-state index contributed by atoms with van der Waals surface area (Å²) in [6, 6.07) is 19.2. The van der Waals surface area contributed by atoms with Gasteiger partial charge in [-0.2, -0.15) is 10.4 Å². The maximum Gasteiger partial charge on any atom is 0.234 e. The van der Waals surface area contributed by atoms with Crippen LogP contribution < -0.4 is 5.32 Å². The van der Waals surface area contributed by atoms with E-state index in [2.05, 4.69) is 16.5 Å². The van der Waals surface area contributed by atoms with Gasteiger partial charge in [0.25, 0.3) is 0 Å². The van der Waals surface area contributed by atoms with Crippen LogP contribution in [0.1, 0.15) is 16.7 Å².